The first-order chi connectivity index (χ1) is 10.9. The number of hydrogen-bond donors (Lipinski definition) is 3. The van der Waals surface area contributed by atoms with Crippen LogP contribution in [-0.2, 0) is 21.1 Å². The lowest BCUT2D eigenvalue weighted by atomic mass is 9.83. The molecule has 1 unspecified atom stereocenters. The third-order valence-electron chi connectivity index (χ3n) is 3.18. The highest BCUT2D eigenvalue weighted by molar-refractivity contribution is 9.10. The molecule has 0 aromatic heterocycles. The Hall–Kier alpha value is -1.70. The summed E-state index contributed by atoms with van der Waals surface area (Å²) in [5, 5.41) is 9.16. The summed E-state index contributed by atoms with van der Waals surface area (Å²) in [5.74, 6) is -1.07. The minimum atomic E-state index is -2.79. The van der Waals surface area contributed by atoms with E-state index in [1.54, 1.807) is 30.3 Å². The van der Waals surface area contributed by atoms with Crippen LogP contribution in [0.15, 0.2) is 65.1 Å². The summed E-state index contributed by atoms with van der Waals surface area (Å²) in [5.41, 5.74) is -0.691. The molecule has 124 valence electrons. The molecule has 0 fully saturated rings. The van der Waals surface area contributed by atoms with E-state index in [9.17, 15) is 13.2 Å². The van der Waals surface area contributed by atoms with Gasteiger partial charge in [0.25, 0.3) is 0 Å². The number of carbonyl (C=O) groups is 1. The quantitative estimate of drug-likeness (QED) is 0.674. The van der Waals surface area contributed by atoms with E-state index in [-0.39, 0.29) is 6.54 Å². The number of rotatable bonds is 5. The largest absolute Gasteiger partial charge is 0.481 e. The van der Waals surface area contributed by atoms with Gasteiger partial charge < -0.3 is 5.11 Å². The monoisotopic (exact) mass is 399 g/mol. The molecule has 0 radical (unpaired) electrons. The normalized spacial score (nSPS) is 12.8. The van der Waals surface area contributed by atoms with Gasteiger partial charge in [-0.05, 0) is 24.6 Å². The number of benzene rings is 2. The van der Waals surface area contributed by atoms with Crippen molar-refractivity contribution in [2.24, 2.45) is 0 Å². The zero-order valence-corrected chi connectivity index (χ0v) is 15.0. The van der Waals surface area contributed by atoms with E-state index in [1.807, 2.05) is 30.3 Å². The Labute approximate surface area is 145 Å². The molecule has 0 bridgehead atoms. The van der Waals surface area contributed by atoms with Gasteiger partial charge in [0.05, 0.1) is 0 Å². The zero-order valence-electron chi connectivity index (χ0n) is 12.5. The molecule has 2 rings (SSSR count). The second-order valence-electron chi connectivity index (χ2n) is 4.89. The fourth-order valence-corrected chi connectivity index (χ4v) is 2.50. The summed E-state index contributed by atoms with van der Waals surface area (Å²) < 4.78 is 24.1. The van der Waals surface area contributed by atoms with Gasteiger partial charge in [-0.2, -0.15) is 0 Å². The third-order valence-corrected chi connectivity index (χ3v) is 4.12. The van der Waals surface area contributed by atoms with E-state index in [2.05, 4.69) is 20.7 Å². The van der Waals surface area contributed by atoms with Crippen LogP contribution >= 0.6 is 15.9 Å². The zero-order chi connectivity index (χ0) is 17.3. The Kier molecular flexibility index (Phi) is 7.94. The van der Waals surface area contributed by atoms with Crippen molar-refractivity contribution in [3.8, 4) is 0 Å². The van der Waals surface area contributed by atoms with Crippen molar-refractivity contribution in [2.45, 2.75) is 12.3 Å². The van der Waals surface area contributed by atoms with Crippen LogP contribution in [0.3, 0.4) is 0 Å². The van der Waals surface area contributed by atoms with Crippen molar-refractivity contribution in [3.63, 3.8) is 0 Å². The van der Waals surface area contributed by atoms with Crippen molar-refractivity contribution >= 4 is 32.8 Å². The van der Waals surface area contributed by atoms with Gasteiger partial charge in [0.2, 0.25) is 10.9 Å². The van der Waals surface area contributed by atoms with Crippen LogP contribution in [0, 0.1) is 0 Å². The Morgan fingerprint density at radius 3 is 1.91 bits per heavy atom. The molecule has 0 aliphatic carbocycles. The number of carboxylic acid groups (broad SMARTS) is 1. The van der Waals surface area contributed by atoms with Crippen molar-refractivity contribution in [1.82, 2.24) is 4.72 Å². The average Bonchev–Trinajstić information content (AvgIpc) is 2.54. The van der Waals surface area contributed by atoms with Gasteiger partial charge in [-0.25, -0.2) is 13.1 Å². The fourth-order valence-electron chi connectivity index (χ4n) is 1.74. The number of nitrogens with one attached hydrogen (secondary N) is 1. The Morgan fingerprint density at radius 1 is 1.09 bits per heavy atom. The lowest BCUT2D eigenvalue weighted by molar-refractivity contribution is -0.142. The molecule has 5 nitrogen and oxygen atoms in total. The predicted molar refractivity (Wildman–Crippen MR) is 93.9 cm³/mol. The smallest absolute Gasteiger partial charge is 0.315 e. The standard InChI is InChI=1S/C10H13NO4S.C6H5Br/c1-10(9(12)13,7-11-16(14)15)8-5-3-2-4-6-8;7-6-4-2-1-3-5-6/h2-6,16H,7H2,1H3,(H,12,13)(H,11,14,15);1-5H. The molecule has 1 atom stereocenters. The van der Waals surface area contributed by atoms with Crippen LogP contribution < -0.4 is 4.72 Å². The number of thiol groups is 1. The Balaban J connectivity index is 0.000000313. The maximum absolute atomic E-state index is 11.2. The van der Waals surface area contributed by atoms with Gasteiger partial charge in [0.1, 0.15) is 5.41 Å². The highest BCUT2D eigenvalue weighted by Gasteiger charge is 2.34. The van der Waals surface area contributed by atoms with Crippen LogP contribution in [0.4, 0.5) is 0 Å². The number of aliphatic carboxylic acids is 1. The first kappa shape index (κ1) is 19.3. The summed E-state index contributed by atoms with van der Waals surface area (Å²) >= 11 is 3.31. The minimum absolute atomic E-state index is 0.162. The first-order valence-corrected chi connectivity index (χ1v) is 8.70. The summed E-state index contributed by atoms with van der Waals surface area (Å²) in [4.78, 5) is 11.2. The van der Waals surface area contributed by atoms with Crippen molar-refractivity contribution in [1.29, 1.82) is 0 Å². The van der Waals surface area contributed by atoms with Crippen molar-refractivity contribution < 1.29 is 18.3 Å². The molecule has 0 saturated carbocycles. The molecular weight excluding hydrogens is 382 g/mol. The van der Waals surface area contributed by atoms with Crippen LogP contribution in [0.25, 0.3) is 0 Å². The van der Waals surface area contributed by atoms with Gasteiger partial charge in [-0.15, -0.1) is 0 Å². The molecule has 0 aliphatic rings. The lowest BCUT2D eigenvalue weighted by Crippen LogP contribution is -2.42. The van der Waals surface area contributed by atoms with Crippen molar-refractivity contribution in [2.75, 3.05) is 6.54 Å². The number of hydrogen-bond acceptors (Lipinski definition) is 3. The molecule has 2 aromatic rings. The van der Waals surface area contributed by atoms with Gasteiger partial charge >= 0.3 is 5.97 Å². The van der Waals surface area contributed by atoms with E-state index in [0.29, 0.717) is 5.56 Å². The maximum Gasteiger partial charge on any atom is 0.315 e. The second kappa shape index (κ2) is 9.44. The van der Waals surface area contributed by atoms with E-state index >= 15 is 0 Å². The second-order valence-corrected chi connectivity index (χ2v) is 6.64. The molecule has 2 N–H and O–H groups in total. The summed E-state index contributed by atoms with van der Waals surface area (Å²) in [7, 11) is -2.79. The fraction of sp³-hybridized carbons (Fsp3) is 0.188. The highest BCUT2D eigenvalue weighted by atomic mass is 79.9. The molecule has 23 heavy (non-hydrogen) atoms. The highest BCUT2D eigenvalue weighted by Crippen LogP contribution is 2.23. The van der Waals surface area contributed by atoms with Crippen LogP contribution in [0.5, 0.6) is 0 Å². The molecule has 0 saturated heterocycles. The summed E-state index contributed by atoms with van der Waals surface area (Å²) in [6, 6.07) is 18.5. The molecule has 0 amide bonds. The Morgan fingerprint density at radius 2 is 1.57 bits per heavy atom. The molecular formula is C16H18BrNO4S. The van der Waals surface area contributed by atoms with E-state index in [4.69, 9.17) is 5.11 Å². The van der Waals surface area contributed by atoms with Crippen LogP contribution in [0.1, 0.15) is 12.5 Å². The molecule has 2 aromatic carbocycles. The van der Waals surface area contributed by atoms with E-state index in [0.717, 1.165) is 4.47 Å². The summed E-state index contributed by atoms with van der Waals surface area (Å²) in [6.07, 6.45) is 0. The topological polar surface area (TPSA) is 83.5 Å². The molecule has 0 heterocycles. The molecule has 0 aliphatic heterocycles. The predicted octanol–water partition coefficient (Wildman–Crippen LogP) is 2.59. The molecule has 0 spiro atoms. The number of carboxylic acids is 1. The number of halogens is 1. The maximum atomic E-state index is 11.2. The van der Waals surface area contributed by atoms with Gasteiger partial charge in [-0.3, -0.25) is 4.79 Å². The van der Waals surface area contributed by atoms with E-state index < -0.39 is 22.3 Å². The van der Waals surface area contributed by atoms with Gasteiger partial charge in [-0.1, -0.05) is 64.5 Å². The summed E-state index contributed by atoms with van der Waals surface area (Å²) in [6.45, 7) is 1.32. The lowest BCUT2D eigenvalue weighted by Gasteiger charge is -2.24. The van der Waals surface area contributed by atoms with Crippen LogP contribution in [-0.4, -0.2) is 26.0 Å². The van der Waals surface area contributed by atoms with Crippen LogP contribution in [0.2, 0.25) is 0 Å². The first-order valence-electron chi connectivity index (χ1n) is 6.73. The minimum Gasteiger partial charge on any atom is -0.481 e. The van der Waals surface area contributed by atoms with Crippen molar-refractivity contribution in [3.05, 3.63) is 70.7 Å². The van der Waals surface area contributed by atoms with E-state index in [1.165, 1.54) is 6.92 Å². The molecule has 7 heteroatoms. The van der Waals surface area contributed by atoms with Gasteiger partial charge in [0, 0.05) is 11.0 Å². The van der Waals surface area contributed by atoms with Gasteiger partial charge in [0.15, 0.2) is 0 Å². The SMILES string of the molecule is Brc1ccccc1.CC(CN[SH](=O)=O)(C(=O)O)c1ccccc1. The third kappa shape index (κ3) is 6.52. The Bertz CT molecular complexity index is 684. The average molecular weight is 400 g/mol.